The van der Waals surface area contributed by atoms with E-state index in [1.165, 1.54) is 12.1 Å². The first kappa shape index (κ1) is 18.1. The lowest BCUT2D eigenvalue weighted by molar-refractivity contribution is -0.0543. The Balaban J connectivity index is 1.62. The minimum Gasteiger partial charge on any atom is -0.381 e. The molecule has 2 aromatic carbocycles. The fourth-order valence-electron chi connectivity index (χ4n) is 4.25. The van der Waals surface area contributed by atoms with Gasteiger partial charge >= 0.3 is 0 Å². The highest BCUT2D eigenvalue weighted by molar-refractivity contribution is 6.01. The molecule has 0 bridgehead atoms. The van der Waals surface area contributed by atoms with Gasteiger partial charge in [-0.05, 0) is 49.2 Å². The second-order valence-corrected chi connectivity index (χ2v) is 7.54. The molecule has 0 aliphatic carbocycles. The zero-order valence-corrected chi connectivity index (χ0v) is 15.7. The molecule has 0 aromatic heterocycles. The van der Waals surface area contributed by atoms with Gasteiger partial charge in [0.05, 0.1) is 0 Å². The van der Waals surface area contributed by atoms with E-state index in [0.29, 0.717) is 5.56 Å². The summed E-state index contributed by atoms with van der Waals surface area (Å²) in [6, 6.07) is 13.9. The summed E-state index contributed by atoms with van der Waals surface area (Å²) < 4.78 is 18.9. The van der Waals surface area contributed by atoms with E-state index in [1.54, 1.807) is 12.1 Å². The molecule has 0 unspecified atom stereocenters. The van der Waals surface area contributed by atoms with E-state index in [2.05, 4.69) is 11.9 Å². The molecule has 4 rings (SSSR count). The van der Waals surface area contributed by atoms with E-state index in [4.69, 9.17) is 4.74 Å². The molecule has 2 aliphatic rings. The van der Waals surface area contributed by atoms with Crippen LogP contribution in [0, 0.1) is 5.82 Å². The average Bonchev–Trinajstić information content (AvgIpc) is 2.71. The Hall–Kier alpha value is -2.24. The van der Waals surface area contributed by atoms with E-state index < -0.39 is 0 Å². The molecule has 2 heterocycles. The number of piperazine rings is 1. The van der Waals surface area contributed by atoms with Crippen molar-refractivity contribution in [2.45, 2.75) is 18.4 Å². The van der Waals surface area contributed by atoms with Crippen molar-refractivity contribution in [3.8, 4) is 11.1 Å². The molecular weight excluding hydrogens is 343 g/mol. The van der Waals surface area contributed by atoms with E-state index in [1.807, 2.05) is 29.2 Å². The average molecular weight is 368 g/mol. The van der Waals surface area contributed by atoms with Crippen LogP contribution in [0.2, 0.25) is 0 Å². The minimum absolute atomic E-state index is 0.0109. The van der Waals surface area contributed by atoms with Crippen LogP contribution in [0.5, 0.6) is 0 Å². The molecule has 0 radical (unpaired) electrons. The van der Waals surface area contributed by atoms with Gasteiger partial charge in [0.1, 0.15) is 5.82 Å². The highest BCUT2D eigenvalue weighted by Crippen LogP contribution is 2.32. The number of hydrogen-bond acceptors (Lipinski definition) is 3. The molecule has 0 saturated carbocycles. The molecule has 27 heavy (non-hydrogen) atoms. The molecule has 142 valence electrons. The molecule has 5 heteroatoms. The molecule has 2 aliphatic heterocycles. The van der Waals surface area contributed by atoms with Crippen LogP contribution in [0.4, 0.5) is 4.39 Å². The summed E-state index contributed by atoms with van der Waals surface area (Å²) in [4.78, 5) is 17.8. The number of carbonyl (C=O) groups excluding carboxylic acids is 1. The number of halogens is 1. The lowest BCUT2D eigenvalue weighted by Gasteiger charge is -2.51. The molecule has 4 nitrogen and oxygen atoms in total. The number of carbonyl (C=O) groups is 1. The Kier molecular flexibility index (Phi) is 4.98. The van der Waals surface area contributed by atoms with Crippen LogP contribution in [0.3, 0.4) is 0 Å². The van der Waals surface area contributed by atoms with Gasteiger partial charge in [0.15, 0.2) is 0 Å². The van der Waals surface area contributed by atoms with E-state index >= 15 is 0 Å². The summed E-state index contributed by atoms with van der Waals surface area (Å²) in [6.45, 7) is 3.81. The first-order valence-corrected chi connectivity index (χ1v) is 9.52. The summed E-state index contributed by atoms with van der Waals surface area (Å²) in [5.74, 6) is -0.225. The number of likely N-dealkylation sites (N-methyl/N-ethyl adjacent to an activating group) is 1. The maximum atomic E-state index is 13.4. The molecule has 2 saturated heterocycles. The zero-order valence-electron chi connectivity index (χ0n) is 15.7. The second kappa shape index (κ2) is 7.41. The van der Waals surface area contributed by atoms with Crippen LogP contribution in [-0.4, -0.2) is 61.1 Å². The van der Waals surface area contributed by atoms with Gasteiger partial charge in [0, 0.05) is 44.0 Å². The standard InChI is InChI=1S/C22H25FN2O2/c1-24-12-13-25(16-22(24)10-14-27-15-11-22)21(26)20-5-3-2-4-19(20)17-6-8-18(23)9-7-17/h2-9H,10-16H2,1H3. The molecule has 0 N–H and O–H groups in total. The van der Waals surface area contributed by atoms with Gasteiger partial charge in [-0.15, -0.1) is 0 Å². The number of amides is 1. The van der Waals surface area contributed by atoms with E-state index in [0.717, 1.165) is 56.8 Å². The predicted octanol–water partition coefficient (Wildman–Crippen LogP) is 3.43. The fraction of sp³-hybridized carbons (Fsp3) is 0.409. The normalized spacial score (nSPS) is 20.0. The maximum Gasteiger partial charge on any atom is 0.254 e. The summed E-state index contributed by atoms with van der Waals surface area (Å²) in [6.07, 6.45) is 1.90. The first-order valence-electron chi connectivity index (χ1n) is 9.52. The predicted molar refractivity (Wildman–Crippen MR) is 103 cm³/mol. The molecule has 1 amide bonds. The van der Waals surface area contributed by atoms with Crippen LogP contribution < -0.4 is 0 Å². The smallest absolute Gasteiger partial charge is 0.254 e. The Labute approximate surface area is 159 Å². The van der Waals surface area contributed by atoms with Crippen molar-refractivity contribution in [2.24, 2.45) is 0 Å². The van der Waals surface area contributed by atoms with Crippen LogP contribution in [-0.2, 0) is 4.74 Å². The third-order valence-electron chi connectivity index (χ3n) is 6.02. The molecule has 0 atom stereocenters. The largest absolute Gasteiger partial charge is 0.381 e. The molecule has 2 fully saturated rings. The summed E-state index contributed by atoms with van der Waals surface area (Å²) in [7, 11) is 2.15. The van der Waals surface area contributed by atoms with Gasteiger partial charge in [0.2, 0.25) is 0 Å². The summed E-state index contributed by atoms with van der Waals surface area (Å²) in [5, 5.41) is 0. The third-order valence-corrected chi connectivity index (χ3v) is 6.02. The molecular formula is C22H25FN2O2. The Morgan fingerprint density at radius 1 is 1.04 bits per heavy atom. The number of benzene rings is 2. The van der Waals surface area contributed by atoms with Gasteiger partial charge in [-0.2, -0.15) is 0 Å². The van der Waals surface area contributed by atoms with Crippen LogP contribution >= 0.6 is 0 Å². The second-order valence-electron chi connectivity index (χ2n) is 7.54. The highest BCUT2D eigenvalue weighted by atomic mass is 19.1. The van der Waals surface area contributed by atoms with Crippen molar-refractivity contribution < 1.29 is 13.9 Å². The Morgan fingerprint density at radius 2 is 1.74 bits per heavy atom. The van der Waals surface area contributed by atoms with Gasteiger partial charge < -0.3 is 9.64 Å². The monoisotopic (exact) mass is 368 g/mol. The van der Waals surface area contributed by atoms with E-state index in [9.17, 15) is 9.18 Å². The van der Waals surface area contributed by atoms with E-state index in [-0.39, 0.29) is 17.3 Å². The van der Waals surface area contributed by atoms with Crippen molar-refractivity contribution in [3.63, 3.8) is 0 Å². The topological polar surface area (TPSA) is 32.8 Å². The fourth-order valence-corrected chi connectivity index (χ4v) is 4.25. The lowest BCUT2D eigenvalue weighted by Crippen LogP contribution is -2.63. The third kappa shape index (κ3) is 3.49. The lowest BCUT2D eigenvalue weighted by atomic mass is 9.85. The van der Waals surface area contributed by atoms with Crippen LogP contribution in [0.15, 0.2) is 48.5 Å². The van der Waals surface area contributed by atoms with Crippen molar-refractivity contribution >= 4 is 5.91 Å². The van der Waals surface area contributed by atoms with Gasteiger partial charge in [-0.3, -0.25) is 9.69 Å². The minimum atomic E-state index is -0.275. The molecule has 2 aromatic rings. The van der Waals surface area contributed by atoms with Crippen molar-refractivity contribution in [2.75, 3.05) is 39.9 Å². The summed E-state index contributed by atoms with van der Waals surface area (Å²) >= 11 is 0. The SMILES string of the molecule is CN1CCN(C(=O)c2ccccc2-c2ccc(F)cc2)CC12CCOCC2. The zero-order chi connectivity index (χ0) is 18.9. The van der Waals surface area contributed by atoms with Crippen molar-refractivity contribution in [1.29, 1.82) is 0 Å². The van der Waals surface area contributed by atoms with Gasteiger partial charge in [0.25, 0.3) is 5.91 Å². The first-order chi connectivity index (χ1) is 13.1. The number of rotatable bonds is 2. The van der Waals surface area contributed by atoms with Gasteiger partial charge in [-0.25, -0.2) is 4.39 Å². The quantitative estimate of drug-likeness (QED) is 0.814. The van der Waals surface area contributed by atoms with Gasteiger partial charge in [-0.1, -0.05) is 30.3 Å². The maximum absolute atomic E-state index is 13.4. The Morgan fingerprint density at radius 3 is 2.48 bits per heavy atom. The highest BCUT2D eigenvalue weighted by Gasteiger charge is 2.42. The Bertz CT molecular complexity index is 815. The molecule has 1 spiro atoms. The number of ether oxygens (including phenoxy) is 1. The number of hydrogen-bond donors (Lipinski definition) is 0. The van der Waals surface area contributed by atoms with Crippen molar-refractivity contribution in [3.05, 3.63) is 59.9 Å². The summed E-state index contributed by atoms with van der Waals surface area (Å²) in [5.41, 5.74) is 2.39. The van der Waals surface area contributed by atoms with Crippen LogP contribution in [0.25, 0.3) is 11.1 Å². The number of nitrogens with zero attached hydrogens (tertiary/aromatic N) is 2. The van der Waals surface area contributed by atoms with Crippen LogP contribution in [0.1, 0.15) is 23.2 Å². The van der Waals surface area contributed by atoms with Crippen molar-refractivity contribution in [1.82, 2.24) is 9.80 Å².